The normalized spacial score (nSPS) is 17.5. The number of guanidine groups is 1. The van der Waals surface area contributed by atoms with Crippen LogP contribution >= 0.6 is 35.3 Å². The first-order valence-corrected chi connectivity index (χ1v) is 8.75. The van der Waals surface area contributed by atoms with E-state index >= 15 is 0 Å². The first-order valence-electron chi connectivity index (χ1n) is 7.93. The lowest BCUT2D eigenvalue weighted by Gasteiger charge is -2.20. The summed E-state index contributed by atoms with van der Waals surface area (Å²) in [6.07, 6.45) is 3.03. The van der Waals surface area contributed by atoms with Crippen LogP contribution in [0.25, 0.3) is 0 Å². The number of nitrogens with one attached hydrogen (secondary N) is 2. The van der Waals surface area contributed by atoms with Gasteiger partial charge in [-0.25, -0.2) is 4.98 Å². The van der Waals surface area contributed by atoms with Gasteiger partial charge in [-0.1, -0.05) is 18.2 Å². The first-order chi connectivity index (χ1) is 11.2. The van der Waals surface area contributed by atoms with Gasteiger partial charge in [-0.3, -0.25) is 4.99 Å². The number of nitrogens with zero attached hydrogens (tertiary/aromatic N) is 3. The van der Waals surface area contributed by atoms with Crippen molar-refractivity contribution in [2.24, 2.45) is 4.99 Å². The molecule has 1 aliphatic rings. The predicted molar refractivity (Wildman–Crippen MR) is 113 cm³/mol. The first kappa shape index (κ1) is 19.0. The number of rotatable bonds is 4. The summed E-state index contributed by atoms with van der Waals surface area (Å²) >= 11 is 1.72. The van der Waals surface area contributed by atoms with E-state index in [1.807, 2.05) is 13.2 Å². The van der Waals surface area contributed by atoms with Crippen LogP contribution in [0.4, 0.5) is 5.69 Å². The molecule has 130 valence electrons. The molecule has 2 aromatic rings. The van der Waals surface area contributed by atoms with Gasteiger partial charge in [0.2, 0.25) is 0 Å². The molecule has 1 aliphatic heterocycles. The van der Waals surface area contributed by atoms with Gasteiger partial charge in [0.25, 0.3) is 0 Å². The van der Waals surface area contributed by atoms with Crippen molar-refractivity contribution in [2.45, 2.75) is 25.9 Å². The van der Waals surface area contributed by atoms with E-state index in [0.717, 1.165) is 30.5 Å². The van der Waals surface area contributed by atoms with Crippen molar-refractivity contribution in [1.82, 2.24) is 15.6 Å². The summed E-state index contributed by atoms with van der Waals surface area (Å²) in [7, 11) is 1.81. The van der Waals surface area contributed by atoms with Crippen LogP contribution in [0.3, 0.4) is 0 Å². The number of benzene rings is 1. The molecule has 0 radical (unpaired) electrons. The van der Waals surface area contributed by atoms with Gasteiger partial charge in [0.15, 0.2) is 5.96 Å². The summed E-state index contributed by atoms with van der Waals surface area (Å²) in [4.78, 5) is 12.3. The van der Waals surface area contributed by atoms with E-state index in [0.29, 0.717) is 12.6 Å². The maximum Gasteiger partial charge on any atom is 0.191 e. The second kappa shape index (κ2) is 9.22. The summed E-state index contributed by atoms with van der Waals surface area (Å²) in [5.41, 5.74) is 1.29. The number of aliphatic imine (C=N–C) groups is 1. The molecule has 1 unspecified atom stereocenters. The predicted octanol–water partition coefficient (Wildman–Crippen LogP) is 3.01. The quantitative estimate of drug-likeness (QED) is 0.421. The molecule has 1 saturated heterocycles. The fraction of sp³-hybridized carbons (Fsp3) is 0.412. The lowest BCUT2D eigenvalue weighted by Crippen LogP contribution is -2.44. The lowest BCUT2D eigenvalue weighted by atomic mass is 10.3. The van der Waals surface area contributed by atoms with Gasteiger partial charge in [0, 0.05) is 42.9 Å². The van der Waals surface area contributed by atoms with Crippen LogP contribution in [0.2, 0.25) is 0 Å². The Morgan fingerprint density at radius 2 is 2.17 bits per heavy atom. The third-order valence-electron chi connectivity index (χ3n) is 3.95. The summed E-state index contributed by atoms with van der Waals surface area (Å²) in [6, 6.07) is 11.0. The van der Waals surface area contributed by atoms with Crippen molar-refractivity contribution in [3.8, 4) is 0 Å². The highest BCUT2D eigenvalue weighted by Gasteiger charge is 2.23. The molecule has 1 fully saturated rings. The van der Waals surface area contributed by atoms with Gasteiger partial charge >= 0.3 is 0 Å². The molecule has 0 amide bonds. The molecule has 0 saturated carbocycles. The molecule has 0 aliphatic carbocycles. The number of hydrogen-bond donors (Lipinski definition) is 2. The van der Waals surface area contributed by atoms with Crippen LogP contribution in [-0.4, -0.2) is 37.1 Å². The highest BCUT2D eigenvalue weighted by atomic mass is 127. The van der Waals surface area contributed by atoms with Crippen molar-refractivity contribution in [3.63, 3.8) is 0 Å². The molecule has 3 rings (SSSR count). The average Bonchev–Trinajstić information content (AvgIpc) is 3.21. The lowest BCUT2D eigenvalue weighted by molar-refractivity contribution is 0.648. The second-order valence-electron chi connectivity index (χ2n) is 5.70. The molecule has 0 bridgehead atoms. The summed E-state index contributed by atoms with van der Waals surface area (Å²) < 4.78 is 0. The van der Waals surface area contributed by atoms with Gasteiger partial charge in [-0.2, -0.15) is 0 Å². The Morgan fingerprint density at radius 3 is 2.83 bits per heavy atom. The third kappa shape index (κ3) is 5.07. The molecular weight excluding hydrogens is 433 g/mol. The molecular formula is C17H24IN5S. The van der Waals surface area contributed by atoms with E-state index in [1.54, 1.807) is 11.3 Å². The van der Waals surface area contributed by atoms with Crippen LogP contribution in [0, 0.1) is 6.92 Å². The number of aromatic nitrogens is 1. The molecule has 1 aromatic carbocycles. The SMILES string of the molecule is CN=C(NCc1ncc(C)s1)NC1CCN(c2ccccc2)C1.I. The van der Waals surface area contributed by atoms with E-state index in [2.05, 4.69) is 62.8 Å². The van der Waals surface area contributed by atoms with Gasteiger partial charge in [0.1, 0.15) is 5.01 Å². The number of para-hydroxylation sites is 1. The van der Waals surface area contributed by atoms with Gasteiger partial charge in [-0.15, -0.1) is 35.3 Å². The number of halogens is 1. The van der Waals surface area contributed by atoms with E-state index < -0.39 is 0 Å². The third-order valence-corrected chi connectivity index (χ3v) is 4.86. The van der Waals surface area contributed by atoms with Gasteiger partial charge < -0.3 is 15.5 Å². The van der Waals surface area contributed by atoms with Crippen LogP contribution in [0.15, 0.2) is 41.5 Å². The molecule has 7 heteroatoms. The number of hydrogen-bond acceptors (Lipinski definition) is 4. The highest BCUT2D eigenvalue weighted by Crippen LogP contribution is 2.19. The van der Waals surface area contributed by atoms with Crippen molar-refractivity contribution in [3.05, 3.63) is 46.4 Å². The van der Waals surface area contributed by atoms with Crippen molar-refractivity contribution in [1.29, 1.82) is 0 Å². The molecule has 24 heavy (non-hydrogen) atoms. The molecule has 5 nitrogen and oxygen atoms in total. The van der Waals surface area contributed by atoms with E-state index in [9.17, 15) is 0 Å². The van der Waals surface area contributed by atoms with Crippen LogP contribution in [-0.2, 0) is 6.54 Å². The monoisotopic (exact) mass is 457 g/mol. The standard InChI is InChI=1S/C17H23N5S.HI/c1-13-10-19-16(23-13)11-20-17(18-2)21-14-8-9-22(12-14)15-6-4-3-5-7-15;/h3-7,10,14H,8-9,11-12H2,1-2H3,(H2,18,20,21);1H. The van der Waals surface area contributed by atoms with Crippen LogP contribution < -0.4 is 15.5 Å². The second-order valence-corrected chi connectivity index (χ2v) is 7.02. The van der Waals surface area contributed by atoms with Crippen LogP contribution in [0.1, 0.15) is 16.3 Å². The largest absolute Gasteiger partial charge is 0.369 e. The van der Waals surface area contributed by atoms with E-state index in [-0.39, 0.29) is 24.0 Å². The van der Waals surface area contributed by atoms with Crippen molar-refractivity contribution in [2.75, 3.05) is 25.0 Å². The topological polar surface area (TPSA) is 52.6 Å². The Kier molecular flexibility index (Phi) is 7.29. The Hall–Kier alpha value is -1.35. The zero-order valence-corrected chi connectivity index (χ0v) is 17.2. The van der Waals surface area contributed by atoms with Gasteiger partial charge in [0.05, 0.1) is 6.54 Å². The maximum atomic E-state index is 4.37. The zero-order valence-electron chi connectivity index (χ0n) is 14.0. The van der Waals surface area contributed by atoms with Crippen molar-refractivity contribution < 1.29 is 0 Å². The minimum atomic E-state index is 0. The Bertz CT molecular complexity index is 658. The fourth-order valence-electron chi connectivity index (χ4n) is 2.78. The maximum absolute atomic E-state index is 4.37. The molecule has 1 aromatic heterocycles. The Balaban J connectivity index is 0.00000208. The minimum Gasteiger partial charge on any atom is -0.369 e. The molecule has 2 heterocycles. The van der Waals surface area contributed by atoms with Crippen molar-refractivity contribution >= 4 is 47.0 Å². The van der Waals surface area contributed by atoms with Gasteiger partial charge in [-0.05, 0) is 25.5 Å². The number of aryl methyl sites for hydroxylation is 1. The zero-order chi connectivity index (χ0) is 16.1. The summed E-state index contributed by atoms with van der Waals surface area (Å²) in [5.74, 6) is 0.845. The number of thiazole rings is 1. The molecule has 1 atom stereocenters. The smallest absolute Gasteiger partial charge is 0.191 e. The number of anilines is 1. The fourth-order valence-corrected chi connectivity index (χ4v) is 3.51. The van der Waals surface area contributed by atoms with E-state index in [1.165, 1.54) is 10.6 Å². The Morgan fingerprint density at radius 1 is 1.38 bits per heavy atom. The van der Waals surface area contributed by atoms with E-state index in [4.69, 9.17) is 0 Å². The highest BCUT2D eigenvalue weighted by molar-refractivity contribution is 14.0. The summed E-state index contributed by atoms with van der Waals surface area (Å²) in [5, 5.41) is 7.95. The molecule has 2 N–H and O–H groups in total. The minimum absolute atomic E-state index is 0. The van der Waals surface area contributed by atoms with Crippen LogP contribution in [0.5, 0.6) is 0 Å². The Labute approximate surface area is 164 Å². The summed E-state index contributed by atoms with van der Waals surface area (Å²) in [6.45, 7) is 4.86. The average molecular weight is 457 g/mol. The molecule has 0 spiro atoms.